The van der Waals surface area contributed by atoms with Gasteiger partial charge in [-0.05, 0) is 31.4 Å². The summed E-state index contributed by atoms with van der Waals surface area (Å²) in [6.45, 7) is 4.13. The van der Waals surface area contributed by atoms with E-state index in [9.17, 15) is 22.4 Å². The predicted octanol–water partition coefficient (Wildman–Crippen LogP) is 7.31. The van der Waals surface area contributed by atoms with Crippen molar-refractivity contribution in [1.29, 1.82) is 0 Å². The monoisotopic (exact) mass is 390 g/mol. The Morgan fingerprint density at radius 3 is 2.19 bits per heavy atom. The highest BCUT2D eigenvalue weighted by Crippen LogP contribution is 2.33. The molecule has 0 saturated heterocycles. The van der Waals surface area contributed by atoms with E-state index < -0.39 is 35.2 Å². The van der Waals surface area contributed by atoms with Crippen LogP contribution in [0.3, 0.4) is 0 Å². The second kappa shape index (κ2) is 12.0. The topological polar surface area (TPSA) is 26.3 Å². The predicted molar refractivity (Wildman–Crippen MR) is 98.1 cm³/mol. The van der Waals surface area contributed by atoms with Crippen LogP contribution in [-0.4, -0.2) is 12.1 Å². The Bertz CT molecular complexity index is 570. The summed E-state index contributed by atoms with van der Waals surface area (Å²) in [5.74, 6) is -2.43. The smallest absolute Gasteiger partial charge is 0.417 e. The summed E-state index contributed by atoms with van der Waals surface area (Å²) in [6, 6.07) is 2.49. The molecular weight excluding hydrogens is 360 g/mol. The average molecular weight is 390 g/mol. The molecule has 0 heterocycles. The first-order chi connectivity index (χ1) is 12.8. The molecule has 1 aromatic rings. The van der Waals surface area contributed by atoms with Crippen LogP contribution >= 0.6 is 0 Å². The molecule has 0 bridgehead atoms. The van der Waals surface area contributed by atoms with Crippen LogP contribution in [0.1, 0.15) is 94.0 Å². The third-order valence-electron chi connectivity index (χ3n) is 4.56. The Labute approximate surface area is 159 Å². The number of unbranched alkanes of at least 4 members (excludes halogenated alkanes) is 6. The van der Waals surface area contributed by atoms with Gasteiger partial charge in [0.2, 0.25) is 0 Å². The molecule has 0 aromatic heterocycles. The third kappa shape index (κ3) is 8.31. The number of hydrogen-bond acceptors (Lipinski definition) is 2. The zero-order valence-electron chi connectivity index (χ0n) is 16.2. The van der Waals surface area contributed by atoms with Gasteiger partial charge in [0.15, 0.2) is 0 Å². The van der Waals surface area contributed by atoms with Crippen LogP contribution < -0.4 is 0 Å². The molecule has 1 rings (SSSR count). The van der Waals surface area contributed by atoms with Crippen molar-refractivity contribution in [2.24, 2.45) is 0 Å². The number of alkyl halides is 3. The zero-order valence-corrected chi connectivity index (χ0v) is 16.2. The van der Waals surface area contributed by atoms with Crippen molar-refractivity contribution in [1.82, 2.24) is 0 Å². The summed E-state index contributed by atoms with van der Waals surface area (Å²) in [7, 11) is 0. The van der Waals surface area contributed by atoms with Gasteiger partial charge in [0.05, 0.1) is 5.56 Å². The molecule has 0 aliphatic rings. The maximum atomic E-state index is 14.0. The van der Waals surface area contributed by atoms with Crippen molar-refractivity contribution in [3.05, 3.63) is 35.1 Å². The van der Waals surface area contributed by atoms with Gasteiger partial charge < -0.3 is 4.74 Å². The van der Waals surface area contributed by atoms with Crippen molar-refractivity contribution in [2.45, 2.75) is 90.3 Å². The van der Waals surface area contributed by atoms with Crippen molar-refractivity contribution in [3.8, 4) is 0 Å². The van der Waals surface area contributed by atoms with Crippen LogP contribution in [0, 0.1) is 5.82 Å². The maximum absolute atomic E-state index is 14.0. The van der Waals surface area contributed by atoms with E-state index in [4.69, 9.17) is 4.74 Å². The molecule has 0 aliphatic heterocycles. The number of rotatable bonds is 12. The highest BCUT2D eigenvalue weighted by Gasteiger charge is 2.37. The van der Waals surface area contributed by atoms with Crippen LogP contribution in [0.2, 0.25) is 0 Å². The van der Waals surface area contributed by atoms with Crippen molar-refractivity contribution in [3.63, 3.8) is 0 Å². The molecule has 0 aliphatic carbocycles. The standard InChI is InChI=1S/C21H30F4O2/c1-3-5-7-8-9-10-13-16(12-6-4-2)27-20(26)19-17(21(23,24)25)14-11-15-18(19)22/h11,14-16H,3-10,12-13H2,1-2H3. The molecule has 1 atom stereocenters. The molecule has 1 aromatic carbocycles. The molecule has 2 nitrogen and oxygen atoms in total. The molecule has 1 unspecified atom stereocenters. The molecule has 0 saturated carbocycles. The molecule has 0 spiro atoms. The van der Waals surface area contributed by atoms with Crippen LogP contribution in [0.25, 0.3) is 0 Å². The maximum Gasteiger partial charge on any atom is 0.417 e. The van der Waals surface area contributed by atoms with Crippen LogP contribution in [0.4, 0.5) is 17.6 Å². The van der Waals surface area contributed by atoms with Gasteiger partial charge in [0.1, 0.15) is 17.5 Å². The average Bonchev–Trinajstić information content (AvgIpc) is 2.61. The fourth-order valence-corrected chi connectivity index (χ4v) is 3.02. The number of carbonyl (C=O) groups is 1. The lowest BCUT2D eigenvalue weighted by atomic mass is 10.0. The Balaban J connectivity index is 2.76. The van der Waals surface area contributed by atoms with Crippen molar-refractivity contribution in [2.75, 3.05) is 0 Å². The van der Waals surface area contributed by atoms with E-state index in [1.807, 2.05) is 6.92 Å². The highest BCUT2D eigenvalue weighted by atomic mass is 19.4. The van der Waals surface area contributed by atoms with Gasteiger partial charge in [-0.15, -0.1) is 0 Å². The fourth-order valence-electron chi connectivity index (χ4n) is 3.02. The second-order valence-corrected chi connectivity index (χ2v) is 6.89. The first-order valence-electron chi connectivity index (χ1n) is 9.87. The van der Waals surface area contributed by atoms with Crippen LogP contribution in [0.5, 0.6) is 0 Å². The number of benzene rings is 1. The largest absolute Gasteiger partial charge is 0.459 e. The summed E-state index contributed by atoms with van der Waals surface area (Å²) in [5.41, 5.74) is -2.31. The third-order valence-corrected chi connectivity index (χ3v) is 4.56. The first-order valence-corrected chi connectivity index (χ1v) is 9.87. The van der Waals surface area contributed by atoms with Gasteiger partial charge >= 0.3 is 12.1 Å². The second-order valence-electron chi connectivity index (χ2n) is 6.89. The molecule has 0 radical (unpaired) electrons. The number of esters is 1. The minimum atomic E-state index is -4.81. The SMILES string of the molecule is CCCCCCCCC(CCCC)OC(=O)c1c(F)cccc1C(F)(F)F. The Hall–Kier alpha value is -1.59. The Morgan fingerprint density at radius 1 is 0.963 bits per heavy atom. The minimum Gasteiger partial charge on any atom is -0.459 e. The lowest BCUT2D eigenvalue weighted by Crippen LogP contribution is -2.22. The van der Waals surface area contributed by atoms with Gasteiger partial charge in [-0.1, -0.05) is 64.9 Å². The Kier molecular flexibility index (Phi) is 10.4. The molecule has 27 heavy (non-hydrogen) atoms. The van der Waals surface area contributed by atoms with Crippen LogP contribution in [-0.2, 0) is 10.9 Å². The quantitative estimate of drug-likeness (QED) is 0.212. The number of carbonyl (C=O) groups excluding carboxylic acids is 1. The molecule has 0 fully saturated rings. The number of ether oxygens (including phenoxy) is 1. The van der Waals surface area contributed by atoms with E-state index in [1.54, 1.807) is 0 Å². The van der Waals surface area contributed by atoms with E-state index in [2.05, 4.69) is 6.92 Å². The van der Waals surface area contributed by atoms with Crippen molar-refractivity contribution >= 4 is 5.97 Å². The molecule has 154 valence electrons. The first kappa shape index (κ1) is 23.4. The molecule has 0 N–H and O–H groups in total. The number of hydrogen-bond donors (Lipinski definition) is 0. The molecular formula is C21H30F4O2. The number of halogens is 4. The van der Waals surface area contributed by atoms with Gasteiger partial charge in [-0.2, -0.15) is 13.2 Å². The van der Waals surface area contributed by atoms with E-state index in [-0.39, 0.29) is 0 Å². The highest BCUT2D eigenvalue weighted by molar-refractivity contribution is 5.91. The summed E-state index contributed by atoms with van der Waals surface area (Å²) in [5, 5.41) is 0. The molecule has 0 amide bonds. The summed E-state index contributed by atoms with van der Waals surface area (Å²) in [4.78, 5) is 12.3. The minimum absolute atomic E-state index is 0.482. The Morgan fingerprint density at radius 2 is 1.56 bits per heavy atom. The normalized spacial score (nSPS) is 12.8. The lowest BCUT2D eigenvalue weighted by molar-refractivity contribution is -0.138. The summed E-state index contributed by atoms with van der Waals surface area (Å²) < 4.78 is 58.6. The van der Waals surface area contributed by atoms with Crippen LogP contribution in [0.15, 0.2) is 18.2 Å². The summed E-state index contributed by atoms with van der Waals surface area (Å²) >= 11 is 0. The van der Waals surface area contributed by atoms with Gasteiger partial charge in [-0.25, -0.2) is 9.18 Å². The van der Waals surface area contributed by atoms with E-state index in [0.29, 0.717) is 18.9 Å². The van der Waals surface area contributed by atoms with Gasteiger partial charge in [0, 0.05) is 0 Å². The van der Waals surface area contributed by atoms with Gasteiger partial charge in [-0.3, -0.25) is 0 Å². The van der Waals surface area contributed by atoms with Crippen molar-refractivity contribution < 1.29 is 27.1 Å². The summed E-state index contributed by atoms with van der Waals surface area (Å²) in [6.07, 6.45) is 3.98. The van der Waals surface area contributed by atoms with Gasteiger partial charge in [0.25, 0.3) is 0 Å². The fraction of sp³-hybridized carbons (Fsp3) is 0.667. The zero-order chi connectivity index (χ0) is 20.3. The van der Waals surface area contributed by atoms with E-state index in [1.165, 1.54) is 6.42 Å². The lowest BCUT2D eigenvalue weighted by Gasteiger charge is -2.19. The van der Waals surface area contributed by atoms with E-state index >= 15 is 0 Å². The van der Waals surface area contributed by atoms with E-state index in [0.717, 1.165) is 57.1 Å². The molecule has 6 heteroatoms.